The lowest BCUT2D eigenvalue weighted by molar-refractivity contribution is 0.0595. The molecular weight excluding hydrogens is 408 g/mol. The zero-order valence-corrected chi connectivity index (χ0v) is 20.9. The summed E-state index contributed by atoms with van der Waals surface area (Å²) in [6, 6.07) is 9.15. The molecule has 0 aromatic heterocycles. The predicted octanol–water partition coefficient (Wildman–Crippen LogP) is 5.78. The normalized spacial score (nSPS) is 11.2. The Morgan fingerprint density at radius 2 is 1.31 bits per heavy atom. The first-order valence-corrected chi connectivity index (χ1v) is 10.4. The molecule has 0 aliphatic carbocycles. The van der Waals surface area contributed by atoms with E-state index in [1.54, 1.807) is 19.2 Å². The summed E-state index contributed by atoms with van der Waals surface area (Å²) < 4.78 is 15.0. The molecule has 0 saturated carbocycles. The second kappa shape index (κ2) is 10.5. The number of ether oxygens (including phenoxy) is 3. The first-order chi connectivity index (χ1) is 14.7. The van der Waals surface area contributed by atoms with E-state index in [0.717, 1.165) is 16.7 Å². The lowest BCUT2D eigenvalue weighted by Gasteiger charge is -2.22. The molecule has 2 aromatic rings. The molecule has 0 aliphatic heterocycles. The highest BCUT2D eigenvalue weighted by Crippen LogP contribution is 2.32. The summed E-state index contributed by atoms with van der Waals surface area (Å²) >= 11 is 0. The van der Waals surface area contributed by atoms with Gasteiger partial charge in [0.05, 0.1) is 21.3 Å². The van der Waals surface area contributed by atoms with Crippen molar-refractivity contribution in [2.45, 2.75) is 59.3 Å². The minimum atomic E-state index is -0.960. The van der Waals surface area contributed by atoms with Crippen molar-refractivity contribution in [1.82, 2.24) is 0 Å². The zero-order valence-electron chi connectivity index (χ0n) is 20.9. The minimum Gasteiger partial charge on any atom is -0.496 e. The quantitative estimate of drug-likeness (QED) is 0.602. The summed E-state index contributed by atoms with van der Waals surface area (Å²) in [5.41, 5.74) is 3.65. The van der Waals surface area contributed by atoms with Crippen LogP contribution in [0.3, 0.4) is 0 Å². The predicted molar refractivity (Wildman–Crippen MR) is 126 cm³/mol. The third-order valence-electron chi connectivity index (χ3n) is 5.05. The lowest BCUT2D eigenvalue weighted by Crippen LogP contribution is -2.14. The number of aryl methyl sites for hydroxylation is 1. The van der Waals surface area contributed by atoms with Crippen LogP contribution in [0.4, 0.5) is 0 Å². The van der Waals surface area contributed by atoms with Crippen molar-refractivity contribution >= 4 is 11.9 Å². The van der Waals surface area contributed by atoms with Gasteiger partial charge in [0.1, 0.15) is 22.6 Å². The summed E-state index contributed by atoms with van der Waals surface area (Å²) in [5.74, 6) is -0.339. The average Bonchev–Trinajstić information content (AvgIpc) is 2.71. The molecule has 0 unspecified atom stereocenters. The second-order valence-corrected chi connectivity index (χ2v) is 9.59. The van der Waals surface area contributed by atoms with E-state index in [0.29, 0.717) is 17.1 Å². The van der Waals surface area contributed by atoms with Crippen LogP contribution in [0.2, 0.25) is 0 Å². The molecule has 0 atom stereocenters. The SMILES string of the molecule is COC(=O)c1cc(C(C)(C)C)cc(C)c1OC.COc1ccc(C(C)(C)C)cc1C(=O)O. The summed E-state index contributed by atoms with van der Waals surface area (Å²) in [4.78, 5) is 22.7. The minimum absolute atomic E-state index is 0.0141. The molecule has 2 rings (SSSR count). The van der Waals surface area contributed by atoms with Gasteiger partial charge in [-0.1, -0.05) is 53.7 Å². The highest BCUT2D eigenvalue weighted by atomic mass is 16.5. The Kier molecular flexibility index (Phi) is 8.89. The van der Waals surface area contributed by atoms with Crippen molar-refractivity contribution in [2.24, 2.45) is 0 Å². The van der Waals surface area contributed by atoms with Crippen molar-refractivity contribution in [3.63, 3.8) is 0 Å². The largest absolute Gasteiger partial charge is 0.496 e. The molecule has 6 nitrogen and oxygen atoms in total. The van der Waals surface area contributed by atoms with Gasteiger partial charge in [-0.05, 0) is 52.6 Å². The maximum absolute atomic E-state index is 11.7. The summed E-state index contributed by atoms with van der Waals surface area (Å²) in [5, 5.41) is 9.01. The Balaban J connectivity index is 0.000000323. The van der Waals surface area contributed by atoms with Gasteiger partial charge >= 0.3 is 11.9 Å². The van der Waals surface area contributed by atoms with Gasteiger partial charge < -0.3 is 19.3 Å². The Bertz CT molecular complexity index is 962. The van der Waals surface area contributed by atoms with Gasteiger partial charge in [-0.3, -0.25) is 0 Å². The smallest absolute Gasteiger partial charge is 0.341 e. The standard InChI is InChI=1S/C14H20O3.C12H16O3/c1-9-7-10(14(2,3)4)8-11(12(9)16-5)13(15)17-6;1-12(2,3)8-5-6-10(15-4)9(7-8)11(13)14/h7-8H,1-6H3;5-7H,1-4H3,(H,13,14). The molecular formula is C26H36O6. The van der Waals surface area contributed by atoms with E-state index in [1.807, 2.05) is 45.9 Å². The van der Waals surface area contributed by atoms with E-state index < -0.39 is 5.97 Å². The molecule has 0 bridgehead atoms. The van der Waals surface area contributed by atoms with E-state index in [4.69, 9.17) is 19.3 Å². The van der Waals surface area contributed by atoms with Crippen LogP contribution in [0.15, 0.2) is 30.3 Å². The Morgan fingerprint density at radius 3 is 1.72 bits per heavy atom. The van der Waals surface area contributed by atoms with Gasteiger partial charge in [0, 0.05) is 0 Å². The van der Waals surface area contributed by atoms with Gasteiger partial charge in [0.15, 0.2) is 0 Å². The van der Waals surface area contributed by atoms with Gasteiger partial charge in [0.2, 0.25) is 0 Å². The number of rotatable bonds is 4. The summed E-state index contributed by atoms with van der Waals surface area (Å²) in [7, 11) is 4.41. The van der Waals surface area contributed by atoms with Crippen molar-refractivity contribution in [3.05, 3.63) is 58.1 Å². The van der Waals surface area contributed by atoms with E-state index in [2.05, 4.69) is 20.8 Å². The van der Waals surface area contributed by atoms with Crippen molar-refractivity contribution in [1.29, 1.82) is 0 Å². The van der Waals surface area contributed by atoms with Crippen LogP contribution < -0.4 is 9.47 Å². The number of methoxy groups -OCH3 is 3. The molecule has 6 heteroatoms. The fourth-order valence-electron chi connectivity index (χ4n) is 3.08. The topological polar surface area (TPSA) is 82.1 Å². The number of carboxylic acids is 1. The van der Waals surface area contributed by atoms with E-state index in [9.17, 15) is 9.59 Å². The fraction of sp³-hybridized carbons (Fsp3) is 0.462. The summed E-state index contributed by atoms with van der Waals surface area (Å²) in [6.07, 6.45) is 0. The number of carbonyl (C=O) groups excluding carboxylic acids is 1. The van der Waals surface area contributed by atoms with Crippen molar-refractivity contribution < 1.29 is 28.9 Å². The Morgan fingerprint density at radius 1 is 0.781 bits per heavy atom. The molecule has 0 heterocycles. The number of carboxylic acid groups (broad SMARTS) is 1. The van der Waals surface area contributed by atoms with Crippen LogP contribution in [-0.4, -0.2) is 38.4 Å². The third-order valence-corrected chi connectivity index (χ3v) is 5.05. The first-order valence-electron chi connectivity index (χ1n) is 10.4. The van der Waals surface area contributed by atoms with Crippen molar-refractivity contribution in [3.8, 4) is 11.5 Å². The molecule has 0 saturated heterocycles. The molecule has 0 amide bonds. The average molecular weight is 445 g/mol. The molecule has 0 fully saturated rings. The van der Waals surface area contributed by atoms with E-state index >= 15 is 0 Å². The molecule has 0 spiro atoms. The van der Waals surface area contributed by atoms with Crippen LogP contribution >= 0.6 is 0 Å². The zero-order chi connectivity index (χ0) is 24.9. The Hall–Kier alpha value is -3.02. The second-order valence-electron chi connectivity index (χ2n) is 9.59. The van der Waals surface area contributed by atoms with Crippen LogP contribution in [0.25, 0.3) is 0 Å². The Labute approximate surface area is 191 Å². The molecule has 32 heavy (non-hydrogen) atoms. The van der Waals surface area contributed by atoms with Crippen LogP contribution in [0, 0.1) is 6.92 Å². The van der Waals surface area contributed by atoms with Gasteiger partial charge in [-0.2, -0.15) is 0 Å². The van der Waals surface area contributed by atoms with Crippen LogP contribution in [0.1, 0.15) is 78.9 Å². The van der Waals surface area contributed by atoms with E-state index in [-0.39, 0.29) is 22.4 Å². The number of aromatic carboxylic acids is 1. The maximum atomic E-state index is 11.7. The first kappa shape index (κ1) is 27.0. The number of carbonyl (C=O) groups is 2. The third kappa shape index (κ3) is 6.74. The van der Waals surface area contributed by atoms with Crippen molar-refractivity contribution in [2.75, 3.05) is 21.3 Å². The highest BCUT2D eigenvalue weighted by molar-refractivity contribution is 5.93. The number of hydrogen-bond donors (Lipinski definition) is 1. The monoisotopic (exact) mass is 444 g/mol. The number of benzene rings is 2. The number of esters is 1. The molecule has 1 N–H and O–H groups in total. The fourth-order valence-corrected chi connectivity index (χ4v) is 3.08. The van der Waals surface area contributed by atoms with Gasteiger partial charge in [-0.25, -0.2) is 9.59 Å². The van der Waals surface area contributed by atoms with Crippen LogP contribution in [-0.2, 0) is 15.6 Å². The summed E-state index contributed by atoms with van der Waals surface area (Å²) in [6.45, 7) is 14.4. The lowest BCUT2D eigenvalue weighted by atomic mass is 9.85. The van der Waals surface area contributed by atoms with Gasteiger partial charge in [0.25, 0.3) is 0 Å². The maximum Gasteiger partial charge on any atom is 0.341 e. The molecule has 0 aliphatic rings. The highest BCUT2D eigenvalue weighted by Gasteiger charge is 2.22. The molecule has 0 radical (unpaired) electrons. The van der Waals surface area contributed by atoms with E-state index in [1.165, 1.54) is 14.2 Å². The van der Waals surface area contributed by atoms with Gasteiger partial charge in [-0.15, -0.1) is 0 Å². The van der Waals surface area contributed by atoms with Crippen LogP contribution in [0.5, 0.6) is 11.5 Å². The number of hydrogen-bond acceptors (Lipinski definition) is 5. The molecule has 2 aromatic carbocycles. The molecule has 176 valence electrons.